The van der Waals surface area contributed by atoms with Gasteiger partial charge in [-0.25, -0.2) is 0 Å². The third-order valence-corrected chi connectivity index (χ3v) is 8.36. The maximum Gasteiger partial charge on any atom is 1.00 e. The molecule has 0 radical (unpaired) electrons. The smallest absolute Gasteiger partial charge is 0.393 e. The molecular weight excluding hydrogens is 586 g/mol. The zero-order valence-electron chi connectivity index (χ0n) is 31.8. The van der Waals surface area contributed by atoms with Crippen LogP contribution in [0.3, 0.4) is 0 Å². The number of oxime groups is 1. The van der Waals surface area contributed by atoms with Gasteiger partial charge < -0.3 is 26.1 Å². The molecule has 0 saturated carbocycles. The Bertz CT molecular complexity index is 654. The van der Waals surface area contributed by atoms with Crippen LogP contribution < -0.4 is 51.4 Å². The Balaban J connectivity index is -0.00000924. The van der Waals surface area contributed by atoms with Crippen LogP contribution in [0.25, 0.3) is 0 Å². The molecular formula is C43H78KNO-2. The van der Waals surface area contributed by atoms with E-state index in [0.717, 1.165) is 31.4 Å². The van der Waals surface area contributed by atoms with Crippen molar-refractivity contribution in [1.29, 1.82) is 0 Å². The van der Waals surface area contributed by atoms with E-state index in [1.54, 1.807) is 0 Å². The molecule has 0 amide bonds. The fourth-order valence-electron chi connectivity index (χ4n) is 5.34. The molecule has 0 aliphatic heterocycles. The summed E-state index contributed by atoms with van der Waals surface area (Å²) in [7, 11) is 0. The quantitative estimate of drug-likeness (QED) is 0.0168. The molecule has 0 aromatic carbocycles. The molecule has 0 unspecified atom stereocenters. The largest absolute Gasteiger partial charge is 1.00 e. The van der Waals surface area contributed by atoms with Gasteiger partial charge in [0.1, 0.15) is 6.10 Å². The topological polar surface area (TPSA) is 21.6 Å². The molecule has 46 heavy (non-hydrogen) atoms. The second-order valence-corrected chi connectivity index (χ2v) is 12.6. The van der Waals surface area contributed by atoms with Crippen LogP contribution >= 0.6 is 0 Å². The normalized spacial score (nSPS) is 11.7. The van der Waals surface area contributed by atoms with E-state index >= 15 is 0 Å². The monoisotopic (exact) mass is 664 g/mol. The van der Waals surface area contributed by atoms with Gasteiger partial charge in [0, 0.05) is 0 Å². The number of unbranched alkanes of at least 4 members (excludes halogenated alkanes) is 18. The summed E-state index contributed by atoms with van der Waals surface area (Å²) >= 11 is 0. The van der Waals surface area contributed by atoms with Crippen molar-refractivity contribution in [3.8, 4) is 0 Å². The Kier molecular flexibility index (Phi) is 49.4. The van der Waals surface area contributed by atoms with Gasteiger partial charge in [-0.15, -0.1) is 18.0 Å². The van der Waals surface area contributed by atoms with Gasteiger partial charge in [-0.05, 0) is 95.6 Å². The van der Waals surface area contributed by atoms with Crippen LogP contribution in [0.2, 0.25) is 0 Å². The van der Waals surface area contributed by atoms with Crippen molar-refractivity contribution < 1.29 is 56.2 Å². The molecule has 0 spiro atoms. The Morgan fingerprint density at radius 2 is 0.826 bits per heavy atom. The minimum Gasteiger partial charge on any atom is -0.393 e. The average molecular weight is 664 g/mol. The Hall–Kier alpha value is 0.0664. The van der Waals surface area contributed by atoms with Crippen molar-refractivity contribution in [3.05, 3.63) is 69.9 Å². The fourth-order valence-corrected chi connectivity index (χ4v) is 5.34. The van der Waals surface area contributed by atoms with E-state index < -0.39 is 0 Å². The summed E-state index contributed by atoms with van der Waals surface area (Å²) in [6.45, 7) is 12.5. The minimum atomic E-state index is 0. The average Bonchev–Trinajstić information content (AvgIpc) is 3.04. The van der Waals surface area contributed by atoms with E-state index in [9.17, 15) is 0 Å². The predicted molar refractivity (Wildman–Crippen MR) is 207 cm³/mol. The molecule has 0 aromatic rings. The van der Waals surface area contributed by atoms with E-state index in [2.05, 4.69) is 81.5 Å². The summed E-state index contributed by atoms with van der Waals surface area (Å²) in [5.74, 6) is 0. The maximum absolute atomic E-state index is 6.02. The van der Waals surface area contributed by atoms with E-state index in [-0.39, 0.29) is 64.9 Å². The van der Waals surface area contributed by atoms with Gasteiger partial charge in [-0.2, -0.15) is 0 Å². The van der Waals surface area contributed by atoms with Crippen LogP contribution in [0.5, 0.6) is 0 Å². The molecule has 2 nitrogen and oxygen atoms in total. The first-order valence-electron chi connectivity index (χ1n) is 19.2. The standard InChI is InChI=1S/C42H75NO.CH3.K/c1-5-9-11-13-15-17-19-21-23-25-27-29-31-33-35-37-39-42(44-43-41(7-3)8-4)40-38-36-34-32-30-28-26-24-22-20-18-16-14-12-10-6-2;;/h15-18,21-24,42H,3-14,19-20,25-40H2,1-2H3;1H3;/q-2;-1;+1/b17-15-,18-16-,23-21-,24-22-;;. The number of nitrogens with zero attached hydrogens (tertiary/aromatic N) is 1. The second kappa shape index (κ2) is 45.1. The Morgan fingerprint density at radius 3 is 1.17 bits per heavy atom. The molecule has 0 saturated heterocycles. The van der Waals surface area contributed by atoms with Crippen molar-refractivity contribution in [2.75, 3.05) is 0 Å². The third-order valence-electron chi connectivity index (χ3n) is 8.36. The van der Waals surface area contributed by atoms with Crippen LogP contribution in [-0.4, -0.2) is 11.8 Å². The molecule has 0 rings (SSSR count). The van der Waals surface area contributed by atoms with Gasteiger partial charge in [0.25, 0.3) is 0 Å². The minimum absolute atomic E-state index is 0. The first-order chi connectivity index (χ1) is 21.8. The molecule has 0 aliphatic carbocycles. The summed E-state index contributed by atoms with van der Waals surface area (Å²) in [6, 6.07) is 0. The number of hydrogen-bond acceptors (Lipinski definition) is 2. The molecule has 0 aliphatic rings. The van der Waals surface area contributed by atoms with Crippen molar-refractivity contribution in [1.82, 2.24) is 0 Å². The SMILES string of the molecule is [CH2-]CC(C[CH2-])=NOC(CCCCCCCC/C=C\C/C=C\CCCCC)CCCCCCCC/C=C\C/C=C\CCCCC.[CH3-].[K+]. The fraction of sp³-hybridized carbons (Fsp3) is 0.721. The van der Waals surface area contributed by atoms with Crippen LogP contribution in [0.4, 0.5) is 0 Å². The van der Waals surface area contributed by atoms with Crippen LogP contribution in [-0.2, 0) is 4.84 Å². The first kappa shape index (κ1) is 50.4. The summed E-state index contributed by atoms with van der Waals surface area (Å²) in [5.41, 5.74) is 0.976. The zero-order chi connectivity index (χ0) is 32.0. The van der Waals surface area contributed by atoms with Crippen molar-refractivity contribution >= 4 is 5.71 Å². The number of allylic oxidation sites excluding steroid dienone is 8. The van der Waals surface area contributed by atoms with Crippen LogP contribution in [0, 0.1) is 21.3 Å². The van der Waals surface area contributed by atoms with Crippen molar-refractivity contribution in [2.24, 2.45) is 5.16 Å². The molecule has 0 aromatic heterocycles. The van der Waals surface area contributed by atoms with Gasteiger partial charge in [-0.1, -0.05) is 140 Å². The van der Waals surface area contributed by atoms with Gasteiger partial charge >= 0.3 is 51.4 Å². The summed E-state index contributed by atoms with van der Waals surface area (Å²) in [6.07, 6.45) is 53.6. The van der Waals surface area contributed by atoms with E-state index in [1.807, 2.05) is 0 Å². The van der Waals surface area contributed by atoms with Gasteiger partial charge in [0.05, 0.1) is 0 Å². The zero-order valence-corrected chi connectivity index (χ0v) is 34.9. The van der Waals surface area contributed by atoms with Gasteiger partial charge in [-0.3, -0.25) is 0 Å². The Labute approximate surface area is 333 Å². The van der Waals surface area contributed by atoms with Crippen molar-refractivity contribution in [2.45, 2.75) is 200 Å². The van der Waals surface area contributed by atoms with Crippen LogP contribution in [0.15, 0.2) is 53.8 Å². The Morgan fingerprint density at radius 1 is 0.500 bits per heavy atom. The van der Waals surface area contributed by atoms with Gasteiger partial charge in [0.2, 0.25) is 0 Å². The van der Waals surface area contributed by atoms with Gasteiger partial charge in [0.15, 0.2) is 0 Å². The number of hydrogen-bond donors (Lipinski definition) is 0. The van der Waals surface area contributed by atoms with Crippen LogP contribution in [0.1, 0.15) is 194 Å². The first-order valence-corrected chi connectivity index (χ1v) is 19.2. The molecule has 3 heteroatoms. The van der Waals surface area contributed by atoms with E-state index in [1.165, 1.54) is 141 Å². The molecule has 0 heterocycles. The summed E-state index contributed by atoms with van der Waals surface area (Å²) in [4.78, 5) is 6.02. The third kappa shape index (κ3) is 40.2. The van der Waals surface area contributed by atoms with E-state index in [4.69, 9.17) is 4.84 Å². The molecule has 0 N–H and O–H groups in total. The maximum atomic E-state index is 6.02. The molecule has 264 valence electrons. The summed E-state index contributed by atoms with van der Waals surface area (Å²) in [5, 5.41) is 4.42. The molecule has 0 fully saturated rings. The van der Waals surface area contributed by atoms with E-state index in [0.29, 0.717) is 12.8 Å². The predicted octanol–water partition coefficient (Wildman–Crippen LogP) is 12.0. The molecule has 0 atom stereocenters. The molecule has 0 bridgehead atoms. The number of rotatable bonds is 34. The summed E-state index contributed by atoms with van der Waals surface area (Å²) < 4.78 is 0. The second-order valence-electron chi connectivity index (χ2n) is 12.6. The van der Waals surface area contributed by atoms with Crippen molar-refractivity contribution in [3.63, 3.8) is 0 Å².